The van der Waals surface area contributed by atoms with Crippen LogP contribution in [0.15, 0.2) is 0 Å². The standard InChI is InChI=1S/C18H32N2O/c1-3-16-17-10-9-14(2)20(17)12-11-19(16)13-18(21)15-7-5-4-6-8-15/h14-17H,3-13H2,1-2H3/p+1. The van der Waals surface area contributed by atoms with Gasteiger partial charge in [0.1, 0.15) is 12.6 Å². The molecule has 4 atom stereocenters. The first-order chi connectivity index (χ1) is 10.2. The van der Waals surface area contributed by atoms with E-state index in [4.69, 9.17) is 0 Å². The minimum Gasteiger partial charge on any atom is -0.324 e. The van der Waals surface area contributed by atoms with Crippen LogP contribution in [0.1, 0.15) is 65.2 Å². The Labute approximate surface area is 130 Å². The Balaban J connectivity index is 1.60. The van der Waals surface area contributed by atoms with Crippen LogP contribution in [0, 0.1) is 5.92 Å². The summed E-state index contributed by atoms with van der Waals surface area (Å²) in [4.78, 5) is 17.0. The maximum Gasteiger partial charge on any atom is 0.189 e. The summed E-state index contributed by atoms with van der Waals surface area (Å²) in [6, 6.07) is 2.20. The van der Waals surface area contributed by atoms with E-state index in [1.807, 2.05) is 0 Å². The van der Waals surface area contributed by atoms with E-state index in [2.05, 4.69) is 18.7 Å². The minimum absolute atomic E-state index is 0.393. The summed E-state index contributed by atoms with van der Waals surface area (Å²) in [5, 5.41) is 0. The predicted octanol–water partition coefficient (Wildman–Crippen LogP) is 1.67. The number of piperazine rings is 1. The molecule has 0 aromatic heterocycles. The number of ketones is 1. The van der Waals surface area contributed by atoms with Crippen molar-refractivity contribution < 1.29 is 9.69 Å². The summed E-state index contributed by atoms with van der Waals surface area (Å²) in [5.74, 6) is 0.965. The third kappa shape index (κ3) is 3.19. The van der Waals surface area contributed by atoms with Gasteiger partial charge in [0.2, 0.25) is 0 Å². The van der Waals surface area contributed by atoms with Crippen molar-refractivity contribution in [3.8, 4) is 0 Å². The Hall–Kier alpha value is -0.410. The van der Waals surface area contributed by atoms with Gasteiger partial charge < -0.3 is 4.90 Å². The molecule has 3 rings (SSSR count). The van der Waals surface area contributed by atoms with E-state index in [0.29, 0.717) is 17.7 Å². The number of rotatable bonds is 4. The minimum atomic E-state index is 0.393. The second-order valence-electron chi connectivity index (χ2n) is 7.63. The zero-order valence-electron chi connectivity index (χ0n) is 13.9. The van der Waals surface area contributed by atoms with E-state index in [9.17, 15) is 4.79 Å². The van der Waals surface area contributed by atoms with Crippen LogP contribution in [0.3, 0.4) is 0 Å². The van der Waals surface area contributed by atoms with Gasteiger partial charge in [0.15, 0.2) is 5.78 Å². The molecule has 3 nitrogen and oxygen atoms in total. The maximum absolute atomic E-state index is 12.6. The molecule has 2 heterocycles. The second kappa shape index (κ2) is 6.78. The molecule has 1 N–H and O–H groups in total. The first-order valence-electron chi connectivity index (χ1n) is 9.33. The number of hydrogen-bond donors (Lipinski definition) is 1. The van der Waals surface area contributed by atoms with Crippen molar-refractivity contribution in [2.45, 2.75) is 83.3 Å². The van der Waals surface area contributed by atoms with Gasteiger partial charge in [0.25, 0.3) is 0 Å². The summed E-state index contributed by atoms with van der Waals surface area (Å²) in [7, 11) is 0. The predicted molar refractivity (Wildman–Crippen MR) is 85.5 cm³/mol. The maximum atomic E-state index is 12.6. The van der Waals surface area contributed by atoms with E-state index >= 15 is 0 Å². The molecule has 3 aliphatic rings. The monoisotopic (exact) mass is 293 g/mol. The fourth-order valence-corrected chi connectivity index (χ4v) is 5.19. The lowest BCUT2D eigenvalue weighted by atomic mass is 9.85. The van der Waals surface area contributed by atoms with Crippen LogP contribution >= 0.6 is 0 Å². The highest BCUT2D eigenvalue weighted by Crippen LogP contribution is 2.28. The summed E-state index contributed by atoms with van der Waals surface area (Å²) >= 11 is 0. The molecule has 2 aliphatic heterocycles. The molecule has 0 aromatic carbocycles. The second-order valence-corrected chi connectivity index (χ2v) is 7.63. The Morgan fingerprint density at radius 1 is 1.14 bits per heavy atom. The van der Waals surface area contributed by atoms with E-state index in [0.717, 1.165) is 31.5 Å². The molecule has 4 unspecified atom stereocenters. The van der Waals surface area contributed by atoms with Gasteiger partial charge in [-0.15, -0.1) is 0 Å². The molecule has 21 heavy (non-hydrogen) atoms. The van der Waals surface area contributed by atoms with Crippen molar-refractivity contribution in [1.82, 2.24) is 4.90 Å². The number of nitrogens with one attached hydrogen (secondary N) is 1. The van der Waals surface area contributed by atoms with Gasteiger partial charge >= 0.3 is 0 Å². The van der Waals surface area contributed by atoms with Crippen molar-refractivity contribution in [3.05, 3.63) is 0 Å². The van der Waals surface area contributed by atoms with Crippen molar-refractivity contribution in [2.24, 2.45) is 5.92 Å². The number of carbonyl (C=O) groups excluding carboxylic acids is 1. The molecule has 0 amide bonds. The molecule has 2 saturated heterocycles. The molecule has 1 aliphatic carbocycles. The molecule has 0 radical (unpaired) electrons. The molecule has 0 aromatic rings. The summed E-state index contributed by atoms with van der Waals surface area (Å²) < 4.78 is 0. The number of quaternary nitrogens is 1. The average molecular weight is 293 g/mol. The van der Waals surface area contributed by atoms with Crippen LogP contribution in [0.2, 0.25) is 0 Å². The lowest BCUT2D eigenvalue weighted by Crippen LogP contribution is -3.20. The van der Waals surface area contributed by atoms with Gasteiger partial charge in [-0.05, 0) is 39.0 Å². The van der Waals surface area contributed by atoms with Gasteiger partial charge in [0.05, 0.1) is 12.6 Å². The van der Waals surface area contributed by atoms with Gasteiger partial charge in [0, 0.05) is 18.5 Å². The Kier molecular flexibility index (Phi) is 5.00. The Morgan fingerprint density at radius 3 is 2.62 bits per heavy atom. The largest absolute Gasteiger partial charge is 0.324 e. The topological polar surface area (TPSA) is 24.8 Å². The van der Waals surface area contributed by atoms with Crippen LogP contribution < -0.4 is 4.90 Å². The van der Waals surface area contributed by atoms with Crippen molar-refractivity contribution in [2.75, 3.05) is 19.6 Å². The highest BCUT2D eigenvalue weighted by atomic mass is 16.1. The molecule has 0 bridgehead atoms. The molecule has 3 heteroatoms. The van der Waals surface area contributed by atoms with Crippen LogP contribution in [-0.4, -0.2) is 48.4 Å². The van der Waals surface area contributed by atoms with E-state index in [-0.39, 0.29) is 0 Å². The fourth-order valence-electron chi connectivity index (χ4n) is 5.19. The molecule has 120 valence electrons. The average Bonchev–Trinajstić information content (AvgIpc) is 2.89. The number of carbonyl (C=O) groups is 1. The number of nitrogens with zero attached hydrogens (tertiary/aromatic N) is 1. The fraction of sp³-hybridized carbons (Fsp3) is 0.944. The smallest absolute Gasteiger partial charge is 0.189 e. The molecule has 3 fully saturated rings. The molecular weight excluding hydrogens is 260 g/mol. The van der Waals surface area contributed by atoms with Gasteiger partial charge in [-0.2, -0.15) is 0 Å². The zero-order valence-corrected chi connectivity index (χ0v) is 13.9. The van der Waals surface area contributed by atoms with Crippen molar-refractivity contribution in [3.63, 3.8) is 0 Å². The molecule has 1 saturated carbocycles. The van der Waals surface area contributed by atoms with E-state index in [1.54, 1.807) is 4.90 Å². The number of Topliss-reactive ketones (excluding diaryl/α,β-unsaturated/α-hetero) is 1. The van der Waals surface area contributed by atoms with Crippen LogP contribution in [0.5, 0.6) is 0 Å². The lowest BCUT2D eigenvalue weighted by Gasteiger charge is -2.43. The van der Waals surface area contributed by atoms with E-state index in [1.165, 1.54) is 51.6 Å². The third-order valence-electron chi connectivity index (χ3n) is 6.45. The van der Waals surface area contributed by atoms with E-state index < -0.39 is 0 Å². The quantitative estimate of drug-likeness (QED) is 0.853. The van der Waals surface area contributed by atoms with Crippen molar-refractivity contribution in [1.29, 1.82) is 0 Å². The SMILES string of the molecule is CCC1C2CCC(C)N2CC[NH+]1CC(=O)C1CCCCC1. The van der Waals surface area contributed by atoms with Crippen LogP contribution in [0.25, 0.3) is 0 Å². The summed E-state index contributed by atoms with van der Waals surface area (Å²) in [5.41, 5.74) is 0. The Morgan fingerprint density at radius 2 is 1.90 bits per heavy atom. The lowest BCUT2D eigenvalue weighted by molar-refractivity contribution is -0.926. The first kappa shape index (κ1) is 15.5. The summed E-state index contributed by atoms with van der Waals surface area (Å²) in [6.07, 6.45) is 10.1. The number of fused-ring (bicyclic) bond motifs is 1. The van der Waals surface area contributed by atoms with Crippen LogP contribution in [-0.2, 0) is 4.79 Å². The highest BCUT2D eigenvalue weighted by Gasteiger charge is 2.44. The number of hydrogen-bond acceptors (Lipinski definition) is 2. The highest BCUT2D eigenvalue weighted by molar-refractivity contribution is 5.81. The molecule has 0 spiro atoms. The Bertz CT molecular complexity index is 364. The normalized spacial score (nSPS) is 38.4. The van der Waals surface area contributed by atoms with Crippen LogP contribution in [0.4, 0.5) is 0 Å². The van der Waals surface area contributed by atoms with Gasteiger partial charge in [-0.1, -0.05) is 26.2 Å². The van der Waals surface area contributed by atoms with Crippen molar-refractivity contribution >= 4 is 5.78 Å². The third-order valence-corrected chi connectivity index (χ3v) is 6.45. The molecular formula is C18H33N2O+. The van der Waals surface area contributed by atoms with Gasteiger partial charge in [-0.3, -0.25) is 9.69 Å². The van der Waals surface area contributed by atoms with Gasteiger partial charge in [-0.25, -0.2) is 0 Å². The zero-order chi connectivity index (χ0) is 14.8. The first-order valence-corrected chi connectivity index (χ1v) is 9.33. The summed E-state index contributed by atoms with van der Waals surface area (Å²) in [6.45, 7) is 7.89.